The van der Waals surface area contributed by atoms with E-state index >= 15 is 0 Å². The minimum Gasteiger partial charge on any atom is -0.341 e. The molecular weight excluding hydrogens is 312 g/mol. The monoisotopic (exact) mass is 334 g/mol. The molecule has 0 aromatic heterocycles. The van der Waals surface area contributed by atoms with Gasteiger partial charge in [-0.2, -0.15) is 0 Å². The molecule has 1 heterocycles. The van der Waals surface area contributed by atoms with Crippen molar-refractivity contribution in [2.75, 3.05) is 26.2 Å². The van der Waals surface area contributed by atoms with Gasteiger partial charge in [0.1, 0.15) is 0 Å². The van der Waals surface area contributed by atoms with Crippen LogP contribution in [-0.2, 0) is 4.79 Å². The van der Waals surface area contributed by atoms with Crippen molar-refractivity contribution >= 4 is 23.4 Å². The third kappa shape index (κ3) is 3.86. The standard InChI is InChI=1S/C18H23ClN2O2/c19-16-8-3-7-15(13-16)18(23)21-10-4-9-20(11-12-21)17(22)14-5-1-2-6-14/h3,7-8,13-14H,1-2,4-6,9-12H2. The van der Waals surface area contributed by atoms with Crippen LogP contribution in [0.3, 0.4) is 0 Å². The Balaban J connectivity index is 1.61. The first-order chi connectivity index (χ1) is 11.1. The number of rotatable bonds is 2. The molecule has 0 unspecified atom stereocenters. The molecule has 0 bridgehead atoms. The molecule has 124 valence electrons. The van der Waals surface area contributed by atoms with Gasteiger partial charge in [-0.25, -0.2) is 0 Å². The predicted molar refractivity (Wildman–Crippen MR) is 90.5 cm³/mol. The zero-order valence-electron chi connectivity index (χ0n) is 13.3. The molecule has 2 fully saturated rings. The molecule has 1 aromatic rings. The van der Waals surface area contributed by atoms with E-state index in [4.69, 9.17) is 11.6 Å². The van der Waals surface area contributed by atoms with Gasteiger partial charge >= 0.3 is 0 Å². The number of hydrogen-bond acceptors (Lipinski definition) is 2. The van der Waals surface area contributed by atoms with Crippen LogP contribution < -0.4 is 0 Å². The van der Waals surface area contributed by atoms with E-state index in [1.807, 2.05) is 9.80 Å². The van der Waals surface area contributed by atoms with Crippen LogP contribution in [-0.4, -0.2) is 47.8 Å². The number of amides is 2. The van der Waals surface area contributed by atoms with E-state index in [-0.39, 0.29) is 11.8 Å². The fourth-order valence-corrected chi connectivity index (χ4v) is 3.77. The van der Waals surface area contributed by atoms with Gasteiger partial charge in [0.25, 0.3) is 5.91 Å². The largest absolute Gasteiger partial charge is 0.341 e. The van der Waals surface area contributed by atoms with Gasteiger partial charge in [-0.15, -0.1) is 0 Å². The molecule has 0 N–H and O–H groups in total. The summed E-state index contributed by atoms with van der Waals surface area (Å²) in [6, 6.07) is 7.06. The smallest absolute Gasteiger partial charge is 0.253 e. The van der Waals surface area contributed by atoms with Crippen molar-refractivity contribution < 1.29 is 9.59 Å². The van der Waals surface area contributed by atoms with Crippen LogP contribution in [0.25, 0.3) is 0 Å². The summed E-state index contributed by atoms with van der Waals surface area (Å²) in [6.07, 6.45) is 5.24. The van der Waals surface area contributed by atoms with Crippen molar-refractivity contribution in [2.45, 2.75) is 32.1 Å². The van der Waals surface area contributed by atoms with Gasteiger partial charge < -0.3 is 9.80 Å². The highest BCUT2D eigenvalue weighted by Crippen LogP contribution is 2.27. The molecule has 2 amide bonds. The normalized spacial score (nSPS) is 19.7. The molecule has 0 atom stereocenters. The van der Waals surface area contributed by atoms with Crippen molar-refractivity contribution in [3.63, 3.8) is 0 Å². The average Bonchev–Trinajstić information content (AvgIpc) is 2.98. The second kappa shape index (κ2) is 7.35. The molecule has 2 aliphatic rings. The lowest BCUT2D eigenvalue weighted by atomic mass is 10.1. The second-order valence-electron chi connectivity index (χ2n) is 6.46. The number of carbonyl (C=O) groups is 2. The van der Waals surface area contributed by atoms with Crippen molar-refractivity contribution in [3.8, 4) is 0 Å². The molecule has 1 aliphatic carbocycles. The van der Waals surface area contributed by atoms with Crippen LogP contribution in [0.4, 0.5) is 0 Å². The number of halogens is 1. The van der Waals surface area contributed by atoms with Crippen LogP contribution in [0.15, 0.2) is 24.3 Å². The molecule has 1 saturated heterocycles. The molecule has 1 saturated carbocycles. The number of nitrogens with zero attached hydrogens (tertiary/aromatic N) is 2. The zero-order chi connectivity index (χ0) is 16.2. The highest BCUT2D eigenvalue weighted by molar-refractivity contribution is 6.30. The van der Waals surface area contributed by atoms with E-state index in [2.05, 4.69) is 0 Å². The maximum Gasteiger partial charge on any atom is 0.253 e. The third-order valence-corrected chi connectivity index (χ3v) is 5.11. The molecule has 23 heavy (non-hydrogen) atoms. The van der Waals surface area contributed by atoms with Crippen molar-refractivity contribution in [2.24, 2.45) is 5.92 Å². The van der Waals surface area contributed by atoms with E-state index in [0.717, 1.165) is 25.8 Å². The molecule has 1 aromatic carbocycles. The molecule has 0 spiro atoms. The van der Waals surface area contributed by atoms with Crippen LogP contribution >= 0.6 is 11.6 Å². The van der Waals surface area contributed by atoms with Gasteiger partial charge in [-0.1, -0.05) is 30.5 Å². The summed E-state index contributed by atoms with van der Waals surface area (Å²) in [5, 5.41) is 0.573. The fourth-order valence-electron chi connectivity index (χ4n) is 3.58. The Kier molecular flexibility index (Phi) is 5.21. The van der Waals surface area contributed by atoms with Crippen LogP contribution in [0.1, 0.15) is 42.5 Å². The Bertz CT molecular complexity index is 584. The predicted octanol–water partition coefficient (Wildman–Crippen LogP) is 3.20. The van der Waals surface area contributed by atoms with Crippen molar-refractivity contribution in [3.05, 3.63) is 34.9 Å². The molecule has 5 heteroatoms. The van der Waals surface area contributed by atoms with Crippen LogP contribution in [0.2, 0.25) is 5.02 Å². The maximum absolute atomic E-state index is 12.6. The average molecular weight is 335 g/mol. The van der Waals surface area contributed by atoms with Crippen molar-refractivity contribution in [1.82, 2.24) is 9.80 Å². The van der Waals surface area contributed by atoms with E-state index in [0.29, 0.717) is 36.1 Å². The fraction of sp³-hybridized carbons (Fsp3) is 0.556. The molecule has 4 nitrogen and oxygen atoms in total. The number of carbonyl (C=O) groups excluding carboxylic acids is 2. The Hall–Kier alpha value is -1.55. The van der Waals surface area contributed by atoms with Gasteiger partial charge in [0.2, 0.25) is 5.91 Å². The first-order valence-electron chi connectivity index (χ1n) is 8.49. The van der Waals surface area contributed by atoms with Gasteiger partial charge in [0, 0.05) is 42.7 Å². The summed E-state index contributed by atoms with van der Waals surface area (Å²) >= 11 is 5.97. The van der Waals surface area contributed by atoms with E-state index in [1.54, 1.807) is 24.3 Å². The lowest BCUT2D eigenvalue weighted by Crippen LogP contribution is -2.39. The van der Waals surface area contributed by atoms with Gasteiger partial charge in [0.15, 0.2) is 0 Å². The lowest BCUT2D eigenvalue weighted by Gasteiger charge is -2.24. The Morgan fingerprint density at radius 2 is 1.65 bits per heavy atom. The summed E-state index contributed by atoms with van der Waals surface area (Å²) in [6.45, 7) is 2.69. The van der Waals surface area contributed by atoms with Gasteiger partial charge in [0.05, 0.1) is 0 Å². The summed E-state index contributed by atoms with van der Waals surface area (Å²) in [7, 11) is 0. The van der Waals surface area contributed by atoms with Crippen LogP contribution in [0, 0.1) is 5.92 Å². The summed E-state index contributed by atoms with van der Waals surface area (Å²) in [5.74, 6) is 0.507. The molecular formula is C18H23ClN2O2. The van der Waals surface area contributed by atoms with E-state index in [9.17, 15) is 9.59 Å². The number of benzene rings is 1. The van der Waals surface area contributed by atoms with Gasteiger partial charge in [-0.3, -0.25) is 9.59 Å². The summed E-state index contributed by atoms with van der Waals surface area (Å²) < 4.78 is 0. The molecule has 1 aliphatic heterocycles. The second-order valence-corrected chi connectivity index (χ2v) is 6.90. The Morgan fingerprint density at radius 3 is 2.39 bits per heavy atom. The van der Waals surface area contributed by atoms with Crippen LogP contribution in [0.5, 0.6) is 0 Å². The van der Waals surface area contributed by atoms with E-state index < -0.39 is 0 Å². The minimum atomic E-state index is 0.00247. The summed E-state index contributed by atoms with van der Waals surface area (Å²) in [4.78, 5) is 29.0. The highest BCUT2D eigenvalue weighted by Gasteiger charge is 2.29. The molecule has 0 radical (unpaired) electrons. The van der Waals surface area contributed by atoms with Gasteiger partial charge in [-0.05, 0) is 37.5 Å². The number of hydrogen-bond donors (Lipinski definition) is 0. The van der Waals surface area contributed by atoms with Crippen molar-refractivity contribution in [1.29, 1.82) is 0 Å². The Labute approximate surface area is 142 Å². The SMILES string of the molecule is O=C(c1cccc(Cl)c1)N1CCCN(C(=O)C2CCCC2)CC1. The minimum absolute atomic E-state index is 0.00247. The quantitative estimate of drug-likeness (QED) is 0.833. The topological polar surface area (TPSA) is 40.6 Å². The molecule has 3 rings (SSSR count). The maximum atomic E-state index is 12.6. The first-order valence-corrected chi connectivity index (χ1v) is 8.86. The summed E-state index contributed by atoms with van der Waals surface area (Å²) in [5.41, 5.74) is 0.619. The Morgan fingerprint density at radius 1 is 0.957 bits per heavy atom. The lowest BCUT2D eigenvalue weighted by molar-refractivity contribution is -0.135. The zero-order valence-corrected chi connectivity index (χ0v) is 14.1. The van der Waals surface area contributed by atoms with E-state index in [1.165, 1.54) is 12.8 Å². The third-order valence-electron chi connectivity index (χ3n) is 4.87. The highest BCUT2D eigenvalue weighted by atomic mass is 35.5. The first kappa shape index (κ1) is 16.3.